The van der Waals surface area contributed by atoms with Crippen LogP contribution in [0.5, 0.6) is 5.75 Å². The van der Waals surface area contributed by atoms with E-state index in [9.17, 15) is 8.42 Å². The lowest BCUT2D eigenvalue weighted by molar-refractivity contribution is 0.342. The van der Waals surface area contributed by atoms with Gasteiger partial charge in [0, 0.05) is 19.2 Å². The van der Waals surface area contributed by atoms with Crippen LogP contribution in [0.15, 0.2) is 52.3 Å². The molecule has 2 aromatic carbocycles. The highest BCUT2D eigenvalue weighted by atomic mass is 35.5. The molecule has 0 fully saturated rings. The first kappa shape index (κ1) is 20.6. The van der Waals surface area contributed by atoms with Gasteiger partial charge in [0.2, 0.25) is 9.84 Å². The van der Waals surface area contributed by atoms with Gasteiger partial charge in [-0.05, 0) is 44.3 Å². The van der Waals surface area contributed by atoms with Crippen LogP contribution in [0.3, 0.4) is 0 Å². The zero-order valence-corrected chi connectivity index (χ0v) is 17.1. The van der Waals surface area contributed by atoms with Crippen molar-refractivity contribution in [3.8, 4) is 5.75 Å². The molecular formula is C19H25ClN2O3S. The molecule has 1 atom stereocenters. The minimum Gasteiger partial charge on any atom is -0.497 e. The zero-order valence-electron chi connectivity index (χ0n) is 15.5. The molecule has 0 aliphatic carbocycles. The molecule has 26 heavy (non-hydrogen) atoms. The first-order valence-electron chi connectivity index (χ1n) is 8.29. The Balaban J connectivity index is 0.00000243. The van der Waals surface area contributed by atoms with E-state index in [1.54, 1.807) is 31.4 Å². The molecule has 0 spiro atoms. The van der Waals surface area contributed by atoms with Crippen molar-refractivity contribution in [3.63, 3.8) is 0 Å². The summed E-state index contributed by atoms with van der Waals surface area (Å²) in [6.07, 6.45) is 0. The van der Waals surface area contributed by atoms with Gasteiger partial charge < -0.3 is 14.5 Å². The average Bonchev–Trinajstić information content (AvgIpc) is 2.57. The lowest BCUT2D eigenvalue weighted by Gasteiger charge is -2.35. The van der Waals surface area contributed by atoms with E-state index in [2.05, 4.69) is 16.7 Å². The number of sulfone groups is 1. The molecule has 0 saturated carbocycles. The van der Waals surface area contributed by atoms with Gasteiger partial charge in [-0.3, -0.25) is 0 Å². The third kappa shape index (κ3) is 3.68. The van der Waals surface area contributed by atoms with Crippen LogP contribution in [0.25, 0.3) is 0 Å². The molecule has 3 rings (SSSR count). The van der Waals surface area contributed by atoms with Crippen molar-refractivity contribution in [2.45, 2.75) is 16.7 Å². The summed E-state index contributed by atoms with van der Waals surface area (Å²) in [5, 5.41) is 0. The summed E-state index contributed by atoms with van der Waals surface area (Å²) < 4.78 is 31.4. The summed E-state index contributed by atoms with van der Waals surface area (Å²) in [4.78, 5) is 4.94. The molecule has 0 amide bonds. The van der Waals surface area contributed by atoms with Crippen molar-refractivity contribution < 1.29 is 13.2 Å². The molecule has 0 bridgehead atoms. The normalized spacial score (nSPS) is 15.7. The van der Waals surface area contributed by atoms with Gasteiger partial charge in [0.05, 0.1) is 28.3 Å². The molecule has 142 valence electrons. The topological polar surface area (TPSA) is 49.9 Å². The van der Waals surface area contributed by atoms with E-state index in [0.29, 0.717) is 27.1 Å². The van der Waals surface area contributed by atoms with Crippen molar-refractivity contribution in [2.24, 2.45) is 5.92 Å². The van der Waals surface area contributed by atoms with Gasteiger partial charge in [-0.1, -0.05) is 19.1 Å². The fourth-order valence-electron chi connectivity index (χ4n) is 3.41. The Labute approximate surface area is 161 Å². The summed E-state index contributed by atoms with van der Waals surface area (Å²) in [5.41, 5.74) is 1.41. The molecule has 7 heteroatoms. The van der Waals surface area contributed by atoms with Gasteiger partial charge in [0.1, 0.15) is 5.75 Å². The number of rotatable bonds is 5. The number of para-hydroxylation sites is 1. The molecule has 1 aliphatic heterocycles. The van der Waals surface area contributed by atoms with E-state index in [-0.39, 0.29) is 12.4 Å². The number of methoxy groups -OCH3 is 1. The second-order valence-corrected chi connectivity index (χ2v) is 8.67. The molecule has 0 aromatic heterocycles. The van der Waals surface area contributed by atoms with E-state index in [1.807, 2.05) is 32.3 Å². The Hall–Kier alpha value is -1.76. The molecule has 5 nitrogen and oxygen atoms in total. The maximum atomic E-state index is 13.0. The van der Waals surface area contributed by atoms with Gasteiger partial charge >= 0.3 is 0 Å². The van der Waals surface area contributed by atoms with Crippen molar-refractivity contribution in [3.05, 3.63) is 42.5 Å². The van der Waals surface area contributed by atoms with Gasteiger partial charge in [0.15, 0.2) is 0 Å². The zero-order chi connectivity index (χ0) is 18.2. The van der Waals surface area contributed by atoms with Crippen LogP contribution in [0.1, 0.15) is 6.92 Å². The Kier molecular flexibility index (Phi) is 6.21. The Morgan fingerprint density at radius 3 is 2.38 bits per heavy atom. The third-order valence-electron chi connectivity index (χ3n) is 4.36. The van der Waals surface area contributed by atoms with Gasteiger partial charge in [-0.25, -0.2) is 8.42 Å². The Bertz CT molecular complexity index is 884. The van der Waals surface area contributed by atoms with Crippen LogP contribution in [0.4, 0.5) is 11.4 Å². The molecule has 0 radical (unpaired) electrons. The predicted octanol–water partition coefficient (Wildman–Crippen LogP) is 3.60. The summed E-state index contributed by atoms with van der Waals surface area (Å²) >= 11 is 0. The van der Waals surface area contributed by atoms with Crippen LogP contribution in [0, 0.1) is 5.92 Å². The Morgan fingerprint density at radius 2 is 1.73 bits per heavy atom. The lowest BCUT2D eigenvalue weighted by Crippen LogP contribution is -2.33. The third-order valence-corrected chi connectivity index (χ3v) is 6.21. The minimum atomic E-state index is -3.53. The SMILES string of the molecule is COc1ccc2c(c1)N(C[C@H](C)CN(C)C)c1ccccc1S2(=O)=O.Cl. The number of halogens is 1. The standard InChI is InChI=1S/C19H24N2O3S.ClH/c1-14(12-20(2)3)13-21-16-7-5-6-8-18(16)25(22,23)19-10-9-15(24-4)11-17(19)21;/h5-11,14H,12-13H2,1-4H3;1H/t14-;/m1./s1. The molecule has 0 unspecified atom stereocenters. The van der Waals surface area contributed by atoms with Gasteiger partial charge in [-0.15, -0.1) is 12.4 Å². The number of anilines is 2. The second-order valence-electron chi connectivity index (χ2n) is 6.78. The van der Waals surface area contributed by atoms with E-state index >= 15 is 0 Å². The van der Waals surface area contributed by atoms with E-state index in [4.69, 9.17) is 4.74 Å². The molecule has 0 saturated heterocycles. The van der Waals surface area contributed by atoms with Gasteiger partial charge in [-0.2, -0.15) is 0 Å². The summed E-state index contributed by atoms with van der Waals surface area (Å²) in [6, 6.07) is 12.4. The fraction of sp³-hybridized carbons (Fsp3) is 0.368. The van der Waals surface area contributed by atoms with Crippen LogP contribution in [-0.4, -0.2) is 47.6 Å². The molecular weight excluding hydrogens is 372 g/mol. The quantitative estimate of drug-likeness (QED) is 0.772. The molecule has 1 aliphatic rings. The number of nitrogens with zero attached hydrogens (tertiary/aromatic N) is 2. The number of ether oxygens (including phenoxy) is 1. The highest BCUT2D eigenvalue weighted by Crippen LogP contribution is 2.45. The summed E-state index contributed by atoms with van der Waals surface area (Å²) in [7, 11) is 2.15. The maximum Gasteiger partial charge on any atom is 0.210 e. The fourth-order valence-corrected chi connectivity index (χ4v) is 5.05. The number of benzene rings is 2. The predicted molar refractivity (Wildman–Crippen MR) is 107 cm³/mol. The first-order chi connectivity index (χ1) is 11.8. The van der Waals surface area contributed by atoms with Crippen molar-refractivity contribution in [2.75, 3.05) is 39.2 Å². The molecule has 1 heterocycles. The monoisotopic (exact) mass is 396 g/mol. The van der Waals surface area contributed by atoms with Crippen molar-refractivity contribution in [1.29, 1.82) is 0 Å². The van der Waals surface area contributed by atoms with Crippen LogP contribution < -0.4 is 9.64 Å². The number of fused-ring (bicyclic) bond motifs is 2. The van der Waals surface area contributed by atoms with Crippen molar-refractivity contribution >= 4 is 33.6 Å². The smallest absolute Gasteiger partial charge is 0.210 e. The second kappa shape index (κ2) is 7.86. The number of hydrogen-bond donors (Lipinski definition) is 0. The summed E-state index contributed by atoms with van der Waals surface area (Å²) in [6.45, 7) is 3.82. The Morgan fingerprint density at radius 1 is 1.08 bits per heavy atom. The van der Waals surface area contributed by atoms with Crippen LogP contribution in [0.2, 0.25) is 0 Å². The van der Waals surface area contributed by atoms with Crippen LogP contribution >= 0.6 is 12.4 Å². The van der Waals surface area contributed by atoms with E-state index < -0.39 is 9.84 Å². The molecule has 0 N–H and O–H groups in total. The summed E-state index contributed by atoms with van der Waals surface area (Å²) in [5.74, 6) is 1.02. The molecule has 2 aromatic rings. The lowest BCUT2D eigenvalue weighted by atomic mass is 10.1. The largest absolute Gasteiger partial charge is 0.497 e. The first-order valence-corrected chi connectivity index (χ1v) is 9.77. The maximum absolute atomic E-state index is 13.0. The minimum absolute atomic E-state index is 0. The van der Waals surface area contributed by atoms with E-state index in [1.165, 1.54) is 0 Å². The van der Waals surface area contributed by atoms with E-state index in [0.717, 1.165) is 18.8 Å². The highest BCUT2D eigenvalue weighted by molar-refractivity contribution is 7.92. The van der Waals surface area contributed by atoms with Crippen molar-refractivity contribution in [1.82, 2.24) is 4.90 Å². The highest BCUT2D eigenvalue weighted by Gasteiger charge is 2.34. The average molecular weight is 397 g/mol. The van der Waals surface area contributed by atoms with Crippen LogP contribution in [-0.2, 0) is 9.84 Å². The van der Waals surface area contributed by atoms with Gasteiger partial charge in [0.25, 0.3) is 0 Å². The number of hydrogen-bond acceptors (Lipinski definition) is 5.